The second-order valence-corrected chi connectivity index (χ2v) is 7.50. The van der Waals surface area contributed by atoms with Crippen LogP contribution in [0, 0.1) is 5.41 Å². The molecule has 2 saturated carbocycles. The summed E-state index contributed by atoms with van der Waals surface area (Å²) in [4.78, 5) is 2.68. The van der Waals surface area contributed by atoms with E-state index in [1.807, 2.05) is 0 Å². The topological polar surface area (TPSA) is 29.3 Å². The van der Waals surface area contributed by atoms with E-state index in [9.17, 15) is 0 Å². The molecule has 0 heterocycles. The molecular weight excluding hydrogens is 220 g/mol. The lowest BCUT2D eigenvalue weighted by atomic mass is 9.82. The summed E-state index contributed by atoms with van der Waals surface area (Å²) in [5.74, 6) is 0. The molecule has 2 rings (SSSR count). The van der Waals surface area contributed by atoms with Crippen LogP contribution in [0.3, 0.4) is 0 Å². The number of rotatable bonds is 3. The maximum atomic E-state index is 6.22. The lowest BCUT2D eigenvalue weighted by Crippen LogP contribution is -2.55. The maximum Gasteiger partial charge on any atom is 0.0331 e. The lowest BCUT2D eigenvalue weighted by Gasteiger charge is -2.44. The number of nitrogens with zero attached hydrogens (tertiary/aromatic N) is 1. The molecule has 2 nitrogen and oxygen atoms in total. The molecule has 1 atom stereocenters. The second-order valence-electron chi connectivity index (χ2n) is 7.50. The molecule has 106 valence electrons. The van der Waals surface area contributed by atoms with E-state index in [4.69, 9.17) is 5.73 Å². The summed E-state index contributed by atoms with van der Waals surface area (Å²) < 4.78 is 0. The highest BCUT2D eigenvalue weighted by Crippen LogP contribution is 2.42. The monoisotopic (exact) mass is 252 g/mol. The number of hydrogen-bond acceptors (Lipinski definition) is 2. The number of hydrogen-bond donors (Lipinski definition) is 1. The Kier molecular flexibility index (Phi) is 4.38. The third-order valence-corrected chi connectivity index (χ3v) is 5.76. The summed E-state index contributed by atoms with van der Waals surface area (Å²) in [7, 11) is 2.35. The molecule has 0 aliphatic heterocycles. The van der Waals surface area contributed by atoms with Crippen LogP contribution in [-0.2, 0) is 0 Å². The van der Waals surface area contributed by atoms with Crippen LogP contribution in [0.25, 0.3) is 0 Å². The van der Waals surface area contributed by atoms with Gasteiger partial charge in [0.2, 0.25) is 0 Å². The van der Waals surface area contributed by atoms with Gasteiger partial charge in [0.25, 0.3) is 0 Å². The average Bonchev–Trinajstić information content (AvgIpc) is 2.81. The molecule has 2 fully saturated rings. The van der Waals surface area contributed by atoms with Crippen molar-refractivity contribution < 1.29 is 0 Å². The summed E-state index contributed by atoms with van der Waals surface area (Å²) in [6, 6.07) is 0.801. The molecule has 0 aromatic heterocycles. The van der Waals surface area contributed by atoms with E-state index in [1.54, 1.807) is 0 Å². The highest BCUT2D eigenvalue weighted by molar-refractivity contribution is 4.97. The van der Waals surface area contributed by atoms with Crippen LogP contribution in [0.4, 0.5) is 0 Å². The van der Waals surface area contributed by atoms with Crippen molar-refractivity contribution in [3.63, 3.8) is 0 Å². The normalized spacial score (nSPS) is 33.8. The Balaban J connectivity index is 2.08. The fourth-order valence-electron chi connectivity index (χ4n) is 4.10. The van der Waals surface area contributed by atoms with Crippen LogP contribution in [0.2, 0.25) is 0 Å². The summed E-state index contributed by atoms with van der Waals surface area (Å²) in [5, 5.41) is 0. The molecule has 18 heavy (non-hydrogen) atoms. The van der Waals surface area contributed by atoms with Crippen molar-refractivity contribution in [3.8, 4) is 0 Å². The molecule has 2 N–H and O–H groups in total. The smallest absolute Gasteiger partial charge is 0.0331 e. The third kappa shape index (κ3) is 2.91. The zero-order valence-electron chi connectivity index (χ0n) is 12.7. The van der Waals surface area contributed by atoms with Gasteiger partial charge in [0.15, 0.2) is 0 Å². The summed E-state index contributed by atoms with van der Waals surface area (Å²) in [6.45, 7) is 5.69. The van der Waals surface area contributed by atoms with Crippen LogP contribution in [0.5, 0.6) is 0 Å². The van der Waals surface area contributed by atoms with Gasteiger partial charge >= 0.3 is 0 Å². The van der Waals surface area contributed by atoms with E-state index in [0.717, 1.165) is 12.6 Å². The van der Waals surface area contributed by atoms with E-state index in [0.29, 0.717) is 11.0 Å². The maximum absolute atomic E-state index is 6.22. The molecule has 2 aliphatic carbocycles. The van der Waals surface area contributed by atoms with Gasteiger partial charge in [-0.3, -0.25) is 4.90 Å². The Labute approximate surface area is 113 Å². The van der Waals surface area contributed by atoms with Gasteiger partial charge in [-0.05, 0) is 51.0 Å². The van der Waals surface area contributed by atoms with Gasteiger partial charge in [0.05, 0.1) is 0 Å². The number of likely N-dealkylation sites (N-methyl/N-ethyl adjacent to an activating group) is 1. The Bertz CT molecular complexity index is 268. The van der Waals surface area contributed by atoms with E-state index >= 15 is 0 Å². The third-order valence-electron chi connectivity index (χ3n) is 5.76. The molecule has 0 amide bonds. The van der Waals surface area contributed by atoms with Crippen LogP contribution in [0.1, 0.15) is 71.6 Å². The van der Waals surface area contributed by atoms with Gasteiger partial charge in [-0.1, -0.05) is 33.1 Å². The van der Waals surface area contributed by atoms with Gasteiger partial charge in [-0.15, -0.1) is 0 Å². The van der Waals surface area contributed by atoms with Gasteiger partial charge in [0, 0.05) is 18.1 Å². The molecular formula is C16H32N2. The van der Waals surface area contributed by atoms with E-state index < -0.39 is 0 Å². The van der Waals surface area contributed by atoms with Crippen LogP contribution in [-0.4, -0.2) is 30.1 Å². The van der Waals surface area contributed by atoms with Crippen molar-refractivity contribution in [2.45, 2.75) is 83.2 Å². The largest absolute Gasteiger partial charge is 0.329 e. The van der Waals surface area contributed by atoms with Crippen molar-refractivity contribution >= 4 is 0 Å². The Morgan fingerprint density at radius 2 is 1.67 bits per heavy atom. The van der Waals surface area contributed by atoms with Crippen molar-refractivity contribution in [2.24, 2.45) is 11.1 Å². The van der Waals surface area contributed by atoms with Crippen LogP contribution >= 0.6 is 0 Å². The highest BCUT2D eigenvalue weighted by atomic mass is 15.2. The predicted octanol–water partition coefficient (Wildman–Crippen LogP) is 3.55. The first kappa shape index (κ1) is 14.3. The zero-order valence-corrected chi connectivity index (χ0v) is 12.7. The van der Waals surface area contributed by atoms with Gasteiger partial charge in [0.1, 0.15) is 0 Å². The first-order chi connectivity index (χ1) is 8.49. The van der Waals surface area contributed by atoms with Gasteiger partial charge in [-0.2, -0.15) is 0 Å². The summed E-state index contributed by atoms with van der Waals surface area (Å²) in [5.41, 5.74) is 7.04. The lowest BCUT2D eigenvalue weighted by molar-refractivity contribution is 0.0620. The van der Waals surface area contributed by atoms with Gasteiger partial charge in [-0.25, -0.2) is 0 Å². The quantitative estimate of drug-likeness (QED) is 0.778. The van der Waals surface area contributed by atoms with Gasteiger partial charge < -0.3 is 5.73 Å². The first-order valence-electron chi connectivity index (χ1n) is 7.92. The Morgan fingerprint density at radius 1 is 1.00 bits per heavy atom. The average molecular weight is 252 g/mol. The second kappa shape index (κ2) is 5.50. The molecule has 0 bridgehead atoms. The molecule has 0 spiro atoms. The SMILES string of the molecule is CN(C1CCCC1)C1(CN)CCCC(C)(C)CC1. The Hall–Kier alpha value is -0.0800. The first-order valence-corrected chi connectivity index (χ1v) is 7.92. The Morgan fingerprint density at radius 3 is 2.28 bits per heavy atom. The molecule has 0 saturated heterocycles. The molecule has 1 unspecified atom stereocenters. The molecule has 0 aromatic rings. The minimum Gasteiger partial charge on any atom is -0.329 e. The molecule has 2 aliphatic rings. The van der Waals surface area contributed by atoms with Crippen molar-refractivity contribution in [1.82, 2.24) is 4.90 Å². The predicted molar refractivity (Wildman–Crippen MR) is 78.7 cm³/mol. The van der Waals surface area contributed by atoms with Crippen molar-refractivity contribution in [1.29, 1.82) is 0 Å². The van der Waals surface area contributed by atoms with Crippen molar-refractivity contribution in [2.75, 3.05) is 13.6 Å². The standard InChI is InChI=1S/C16H32N2/c1-15(2)9-6-10-16(13-17,12-11-15)18(3)14-7-4-5-8-14/h14H,4-13,17H2,1-3H3. The van der Waals surface area contributed by atoms with Crippen LogP contribution < -0.4 is 5.73 Å². The fourth-order valence-corrected chi connectivity index (χ4v) is 4.10. The van der Waals surface area contributed by atoms with Crippen molar-refractivity contribution in [3.05, 3.63) is 0 Å². The molecule has 0 radical (unpaired) electrons. The minimum absolute atomic E-state index is 0.294. The van der Waals surface area contributed by atoms with E-state index in [1.165, 1.54) is 57.8 Å². The summed E-state index contributed by atoms with van der Waals surface area (Å²) >= 11 is 0. The van der Waals surface area contributed by atoms with E-state index in [-0.39, 0.29) is 0 Å². The molecule has 2 heteroatoms. The number of nitrogens with two attached hydrogens (primary N) is 1. The zero-order chi connectivity index (χ0) is 13.2. The summed E-state index contributed by atoms with van der Waals surface area (Å²) in [6.07, 6.45) is 12.3. The fraction of sp³-hybridized carbons (Fsp3) is 1.00. The molecule has 0 aromatic carbocycles. The minimum atomic E-state index is 0.294. The highest BCUT2D eigenvalue weighted by Gasteiger charge is 2.40. The van der Waals surface area contributed by atoms with Crippen LogP contribution in [0.15, 0.2) is 0 Å². The van der Waals surface area contributed by atoms with E-state index in [2.05, 4.69) is 25.8 Å².